The third-order valence-corrected chi connectivity index (χ3v) is 5.56. The molecule has 0 bridgehead atoms. The van der Waals surface area contributed by atoms with Crippen molar-refractivity contribution in [2.24, 2.45) is 0 Å². The SMILES string of the molecule is CC(=O)N(c1cccc(C)c1)c1nc(COc2ccc(Br)cc2Br)cs1. The van der Waals surface area contributed by atoms with Crippen LogP contribution in [0.5, 0.6) is 5.75 Å². The van der Waals surface area contributed by atoms with E-state index in [1.807, 2.05) is 54.8 Å². The van der Waals surface area contributed by atoms with Crippen LogP contribution in [0.2, 0.25) is 0 Å². The number of hydrogen-bond donors (Lipinski definition) is 0. The number of thiazole rings is 1. The van der Waals surface area contributed by atoms with Crippen molar-refractivity contribution in [2.45, 2.75) is 20.5 Å². The van der Waals surface area contributed by atoms with Crippen molar-refractivity contribution in [2.75, 3.05) is 4.90 Å². The Kier molecular flexibility index (Phi) is 6.11. The molecule has 26 heavy (non-hydrogen) atoms. The van der Waals surface area contributed by atoms with Crippen LogP contribution in [0.4, 0.5) is 10.8 Å². The molecular weight excluding hydrogens is 480 g/mol. The minimum absolute atomic E-state index is 0.0759. The van der Waals surface area contributed by atoms with Crippen LogP contribution in [0.1, 0.15) is 18.2 Å². The highest BCUT2D eigenvalue weighted by atomic mass is 79.9. The normalized spacial score (nSPS) is 10.6. The summed E-state index contributed by atoms with van der Waals surface area (Å²) in [7, 11) is 0. The number of aryl methyl sites for hydroxylation is 1. The molecule has 1 heterocycles. The van der Waals surface area contributed by atoms with Crippen molar-refractivity contribution >= 4 is 59.9 Å². The molecule has 0 fully saturated rings. The maximum atomic E-state index is 12.2. The molecule has 0 saturated carbocycles. The van der Waals surface area contributed by atoms with E-state index < -0.39 is 0 Å². The molecule has 3 rings (SSSR count). The summed E-state index contributed by atoms with van der Waals surface area (Å²) < 4.78 is 7.67. The maximum Gasteiger partial charge on any atom is 0.230 e. The summed E-state index contributed by atoms with van der Waals surface area (Å²) in [4.78, 5) is 18.4. The Balaban J connectivity index is 1.78. The topological polar surface area (TPSA) is 42.4 Å². The summed E-state index contributed by atoms with van der Waals surface area (Å²) in [5.41, 5.74) is 2.68. The molecule has 0 aliphatic rings. The third kappa shape index (κ3) is 4.52. The minimum atomic E-state index is -0.0759. The predicted molar refractivity (Wildman–Crippen MR) is 112 cm³/mol. The van der Waals surface area contributed by atoms with Gasteiger partial charge in [0.15, 0.2) is 5.13 Å². The molecule has 134 valence electrons. The number of aromatic nitrogens is 1. The molecule has 0 spiro atoms. The Morgan fingerprint density at radius 2 is 2.04 bits per heavy atom. The van der Waals surface area contributed by atoms with Gasteiger partial charge in [-0.25, -0.2) is 4.98 Å². The molecule has 1 aromatic heterocycles. The molecule has 0 aliphatic heterocycles. The van der Waals surface area contributed by atoms with Gasteiger partial charge in [0.1, 0.15) is 12.4 Å². The van der Waals surface area contributed by atoms with Gasteiger partial charge < -0.3 is 4.74 Å². The zero-order valence-corrected chi connectivity index (χ0v) is 18.2. The Labute approximate surface area is 173 Å². The van der Waals surface area contributed by atoms with Crippen LogP contribution in [-0.2, 0) is 11.4 Å². The van der Waals surface area contributed by atoms with E-state index in [9.17, 15) is 4.79 Å². The fraction of sp³-hybridized carbons (Fsp3) is 0.158. The van der Waals surface area contributed by atoms with Gasteiger partial charge in [0.05, 0.1) is 15.9 Å². The molecule has 0 atom stereocenters. The molecule has 0 aliphatic carbocycles. The van der Waals surface area contributed by atoms with Crippen LogP contribution >= 0.6 is 43.2 Å². The first-order valence-electron chi connectivity index (χ1n) is 7.83. The highest BCUT2D eigenvalue weighted by Gasteiger charge is 2.18. The van der Waals surface area contributed by atoms with E-state index in [2.05, 4.69) is 36.8 Å². The number of amides is 1. The van der Waals surface area contributed by atoms with Gasteiger partial charge in [0.25, 0.3) is 0 Å². The van der Waals surface area contributed by atoms with E-state index in [0.717, 1.165) is 31.6 Å². The standard InChI is InChI=1S/C19H16Br2N2O2S/c1-12-4-3-5-16(8-12)23(13(2)24)19-22-15(11-26-19)10-25-18-7-6-14(20)9-17(18)21/h3-9,11H,10H2,1-2H3. The van der Waals surface area contributed by atoms with Crippen LogP contribution in [0.3, 0.4) is 0 Å². The maximum absolute atomic E-state index is 12.2. The molecule has 0 unspecified atom stereocenters. The van der Waals surface area contributed by atoms with Gasteiger partial charge in [-0.05, 0) is 58.7 Å². The van der Waals surface area contributed by atoms with E-state index in [1.54, 1.807) is 11.8 Å². The molecule has 4 nitrogen and oxygen atoms in total. The van der Waals surface area contributed by atoms with Gasteiger partial charge in [-0.15, -0.1) is 11.3 Å². The van der Waals surface area contributed by atoms with Crippen molar-refractivity contribution < 1.29 is 9.53 Å². The van der Waals surface area contributed by atoms with Crippen LogP contribution in [-0.4, -0.2) is 10.9 Å². The first kappa shape index (κ1) is 19.1. The summed E-state index contributed by atoms with van der Waals surface area (Å²) in [6, 6.07) is 13.5. The quantitative estimate of drug-likeness (QED) is 0.420. The van der Waals surface area contributed by atoms with Crippen LogP contribution in [0, 0.1) is 6.92 Å². The van der Waals surface area contributed by atoms with Gasteiger partial charge in [-0.1, -0.05) is 28.1 Å². The fourth-order valence-electron chi connectivity index (χ4n) is 2.40. The van der Waals surface area contributed by atoms with Gasteiger partial charge in [-0.3, -0.25) is 9.69 Å². The number of nitrogens with zero attached hydrogens (tertiary/aromatic N) is 2. The molecule has 0 radical (unpaired) electrons. The molecule has 0 N–H and O–H groups in total. The number of carbonyl (C=O) groups excluding carboxylic acids is 1. The zero-order valence-electron chi connectivity index (χ0n) is 14.2. The molecule has 0 saturated heterocycles. The van der Waals surface area contributed by atoms with E-state index in [0.29, 0.717) is 11.7 Å². The van der Waals surface area contributed by atoms with Crippen LogP contribution < -0.4 is 9.64 Å². The average Bonchev–Trinajstić information content (AvgIpc) is 3.02. The second-order valence-corrected chi connectivity index (χ2v) is 8.28. The Morgan fingerprint density at radius 1 is 1.23 bits per heavy atom. The van der Waals surface area contributed by atoms with Crippen molar-refractivity contribution in [1.29, 1.82) is 0 Å². The molecule has 3 aromatic rings. The summed E-state index contributed by atoms with van der Waals surface area (Å²) in [6.07, 6.45) is 0. The van der Waals surface area contributed by atoms with Gasteiger partial charge in [0.2, 0.25) is 5.91 Å². The highest BCUT2D eigenvalue weighted by molar-refractivity contribution is 9.11. The second kappa shape index (κ2) is 8.33. The number of anilines is 2. The average molecular weight is 496 g/mol. The van der Waals surface area contributed by atoms with Gasteiger partial charge in [-0.2, -0.15) is 0 Å². The highest BCUT2D eigenvalue weighted by Crippen LogP contribution is 2.31. The van der Waals surface area contributed by atoms with E-state index >= 15 is 0 Å². The number of ether oxygens (including phenoxy) is 1. The predicted octanol–water partition coefficient (Wildman–Crippen LogP) is 6.24. The van der Waals surface area contributed by atoms with E-state index in [4.69, 9.17) is 4.74 Å². The number of hydrogen-bond acceptors (Lipinski definition) is 4. The lowest BCUT2D eigenvalue weighted by Gasteiger charge is -2.18. The summed E-state index contributed by atoms with van der Waals surface area (Å²) in [5.74, 6) is 0.665. The van der Waals surface area contributed by atoms with Crippen molar-refractivity contribution in [3.8, 4) is 5.75 Å². The molecule has 7 heteroatoms. The van der Waals surface area contributed by atoms with E-state index in [1.165, 1.54) is 11.3 Å². The third-order valence-electron chi connectivity index (χ3n) is 3.58. The second-order valence-electron chi connectivity index (χ2n) is 5.68. The Morgan fingerprint density at radius 3 is 2.73 bits per heavy atom. The lowest BCUT2D eigenvalue weighted by molar-refractivity contribution is -0.115. The zero-order chi connectivity index (χ0) is 18.7. The smallest absolute Gasteiger partial charge is 0.230 e. The number of halogens is 2. The Hall–Kier alpha value is -1.70. The lowest BCUT2D eigenvalue weighted by Crippen LogP contribution is -2.22. The number of rotatable bonds is 5. The van der Waals surface area contributed by atoms with Crippen LogP contribution in [0.25, 0.3) is 0 Å². The monoisotopic (exact) mass is 494 g/mol. The van der Waals surface area contributed by atoms with Crippen molar-refractivity contribution in [3.05, 3.63) is 68.0 Å². The largest absolute Gasteiger partial charge is 0.486 e. The lowest BCUT2D eigenvalue weighted by atomic mass is 10.2. The summed E-state index contributed by atoms with van der Waals surface area (Å²) in [6.45, 7) is 3.87. The van der Waals surface area contributed by atoms with Crippen LogP contribution in [0.15, 0.2) is 56.8 Å². The summed E-state index contributed by atoms with van der Waals surface area (Å²) >= 11 is 8.32. The first-order valence-corrected chi connectivity index (χ1v) is 10.3. The van der Waals surface area contributed by atoms with Gasteiger partial charge >= 0.3 is 0 Å². The molecule has 2 aromatic carbocycles. The van der Waals surface area contributed by atoms with Gasteiger partial charge in [0, 0.05) is 16.8 Å². The van der Waals surface area contributed by atoms with E-state index in [-0.39, 0.29) is 5.91 Å². The Bertz CT molecular complexity index is 943. The molecule has 1 amide bonds. The number of carbonyl (C=O) groups is 1. The van der Waals surface area contributed by atoms with Crippen molar-refractivity contribution in [1.82, 2.24) is 4.98 Å². The van der Waals surface area contributed by atoms with Crippen molar-refractivity contribution in [3.63, 3.8) is 0 Å². The number of benzene rings is 2. The fourth-order valence-corrected chi connectivity index (χ4v) is 4.44. The minimum Gasteiger partial charge on any atom is -0.486 e. The first-order chi connectivity index (χ1) is 12.4. The molecular formula is C19H16Br2N2O2S. The summed E-state index contributed by atoms with van der Waals surface area (Å²) in [5, 5.41) is 2.55.